The summed E-state index contributed by atoms with van der Waals surface area (Å²) in [5.74, 6) is 9.63. The quantitative estimate of drug-likeness (QED) is 0.231. The number of hydrogen-bond acceptors (Lipinski definition) is 5. The topological polar surface area (TPSA) is 67.3 Å². The lowest BCUT2D eigenvalue weighted by atomic mass is 9.44. The van der Waals surface area contributed by atoms with Crippen molar-refractivity contribution >= 4 is 23.3 Å². The lowest BCUT2D eigenvalue weighted by molar-refractivity contribution is -0.138. The van der Waals surface area contributed by atoms with Gasteiger partial charge in [0.25, 0.3) is 0 Å². The van der Waals surface area contributed by atoms with Gasteiger partial charge in [-0.2, -0.15) is 0 Å². The first-order chi connectivity index (χ1) is 19.7. The molecule has 4 saturated carbocycles. The molecular weight excluding hydrogens is 526 g/mol. The lowest BCUT2D eigenvalue weighted by Crippen LogP contribution is -2.54. The molecule has 1 aromatic carbocycles. The second-order valence-corrected chi connectivity index (χ2v) is 14.9. The summed E-state index contributed by atoms with van der Waals surface area (Å²) in [6, 6.07) is 11.3. The van der Waals surface area contributed by atoms with Gasteiger partial charge in [-0.05, 0) is 123 Å². The smallest absolute Gasteiger partial charge is 0.161 e. The molecular formula is C36H43NO3S. The highest BCUT2D eigenvalue weighted by molar-refractivity contribution is 8.00. The van der Waals surface area contributed by atoms with Crippen LogP contribution in [-0.2, 0) is 4.79 Å². The van der Waals surface area contributed by atoms with Gasteiger partial charge in [0.15, 0.2) is 11.6 Å². The molecule has 5 heteroatoms. The molecule has 2 aromatic rings. The van der Waals surface area contributed by atoms with Crippen LogP contribution in [0.15, 0.2) is 53.7 Å². The fraction of sp³-hybridized carbons (Fsp3) is 0.583. The van der Waals surface area contributed by atoms with E-state index in [1.54, 1.807) is 31.1 Å². The van der Waals surface area contributed by atoms with Crippen molar-refractivity contribution in [3.8, 4) is 11.8 Å². The normalized spacial score (nSPS) is 36.6. The van der Waals surface area contributed by atoms with Gasteiger partial charge < -0.3 is 5.11 Å². The van der Waals surface area contributed by atoms with Gasteiger partial charge in [-0.25, -0.2) is 0 Å². The summed E-state index contributed by atoms with van der Waals surface area (Å²) in [4.78, 5) is 31.3. The van der Waals surface area contributed by atoms with Crippen molar-refractivity contribution in [2.45, 2.75) is 94.8 Å². The Morgan fingerprint density at radius 2 is 1.63 bits per heavy atom. The van der Waals surface area contributed by atoms with Crippen molar-refractivity contribution in [3.63, 3.8) is 0 Å². The van der Waals surface area contributed by atoms with Crippen LogP contribution >= 0.6 is 11.8 Å². The van der Waals surface area contributed by atoms with Crippen LogP contribution in [0.5, 0.6) is 0 Å². The lowest BCUT2D eigenvalue weighted by Gasteiger charge is -2.61. The van der Waals surface area contributed by atoms with Crippen LogP contribution in [0.25, 0.3) is 0 Å². The highest BCUT2D eigenvalue weighted by atomic mass is 32.2. The average Bonchev–Trinajstić information content (AvgIpc) is 3.33. The van der Waals surface area contributed by atoms with Crippen molar-refractivity contribution in [2.24, 2.45) is 40.4 Å². The van der Waals surface area contributed by atoms with Crippen molar-refractivity contribution in [1.29, 1.82) is 0 Å². The zero-order chi connectivity index (χ0) is 28.8. The molecule has 1 N–H and O–H groups in total. The summed E-state index contributed by atoms with van der Waals surface area (Å²) < 4.78 is 0. The van der Waals surface area contributed by atoms with Crippen LogP contribution in [0.3, 0.4) is 0 Å². The van der Waals surface area contributed by atoms with E-state index in [1.165, 1.54) is 19.3 Å². The van der Waals surface area contributed by atoms with Crippen LogP contribution in [0.4, 0.5) is 0 Å². The van der Waals surface area contributed by atoms with Crippen molar-refractivity contribution < 1.29 is 14.7 Å². The Morgan fingerprint density at radius 3 is 2.37 bits per heavy atom. The van der Waals surface area contributed by atoms with Crippen LogP contribution < -0.4 is 0 Å². The van der Waals surface area contributed by atoms with E-state index in [4.69, 9.17) is 0 Å². The maximum atomic E-state index is 14.5. The maximum absolute atomic E-state index is 14.5. The fourth-order valence-corrected chi connectivity index (χ4v) is 10.5. The van der Waals surface area contributed by atoms with E-state index in [-0.39, 0.29) is 29.0 Å². The zero-order valence-electron chi connectivity index (χ0n) is 24.6. The fourth-order valence-electron chi connectivity index (χ4n) is 9.53. The van der Waals surface area contributed by atoms with E-state index in [9.17, 15) is 14.7 Å². The third kappa shape index (κ3) is 5.32. The number of ketones is 2. The number of carbonyl (C=O) groups excluding carboxylic acids is 2. The van der Waals surface area contributed by atoms with Crippen molar-refractivity contribution in [1.82, 2.24) is 4.98 Å². The van der Waals surface area contributed by atoms with E-state index in [1.807, 2.05) is 36.4 Å². The first-order valence-corrected chi connectivity index (χ1v) is 16.5. The van der Waals surface area contributed by atoms with Gasteiger partial charge >= 0.3 is 0 Å². The number of rotatable bonds is 5. The molecule has 0 spiro atoms. The van der Waals surface area contributed by atoms with Gasteiger partial charge in [-0.15, -0.1) is 11.8 Å². The molecule has 4 nitrogen and oxygen atoms in total. The summed E-state index contributed by atoms with van der Waals surface area (Å²) in [6.45, 7) is 6.51. The summed E-state index contributed by atoms with van der Waals surface area (Å²) >= 11 is 1.55. The molecule has 9 atom stereocenters. The van der Waals surface area contributed by atoms with Crippen molar-refractivity contribution in [3.05, 3.63) is 59.9 Å². The standard InChI is InChI=1S/C36H43NO3S/c1-23(38)25-7-4-24(5-8-25)6-13-33(41-28-16-20-37-21-17-28)34(40)32-12-11-30-29-10-9-26-22-27(39)14-18-35(26,2)31(29)15-19-36(30,32)3/h4-5,7-8,16-17,20-21,26-27,29-33,39H,9-12,14-15,18-19,22H2,1-3H3/t26-,27-,29+,30+,31+,32-,33?,35+,36+/m1/s1. The van der Waals surface area contributed by atoms with E-state index in [0.717, 1.165) is 54.9 Å². The van der Waals surface area contributed by atoms with Gasteiger partial charge in [0.1, 0.15) is 5.25 Å². The SMILES string of the molecule is CC(=O)c1ccc(C#CC(Sc2ccncc2)C(=O)[C@H]2CC[C@H]3[C@@H]4CC[C@@H]5C[C@H](O)CC[C@]5(C)[C@H]4CC[C@]23C)cc1. The number of carbonyl (C=O) groups is 2. The molecule has 0 aliphatic heterocycles. The third-order valence-corrected chi connectivity index (χ3v) is 12.9. The molecule has 0 amide bonds. The number of aromatic nitrogens is 1. The number of fused-ring (bicyclic) bond motifs is 5. The molecule has 0 bridgehead atoms. The number of Topliss-reactive ketones (excluding diaryl/α,β-unsaturated/α-hetero) is 2. The number of aliphatic hydroxyl groups is 1. The zero-order valence-corrected chi connectivity index (χ0v) is 25.5. The maximum Gasteiger partial charge on any atom is 0.161 e. The van der Waals surface area contributed by atoms with Gasteiger partial charge in [0, 0.05) is 34.3 Å². The third-order valence-electron chi connectivity index (χ3n) is 11.8. The van der Waals surface area contributed by atoms with Gasteiger partial charge in [-0.3, -0.25) is 14.6 Å². The molecule has 41 heavy (non-hydrogen) atoms. The van der Waals surface area contributed by atoms with E-state index < -0.39 is 5.25 Å². The Kier molecular flexibility index (Phi) is 7.94. The minimum absolute atomic E-state index is 0.0253. The Bertz CT molecular complexity index is 1350. The van der Waals surface area contributed by atoms with Crippen LogP contribution in [0.2, 0.25) is 0 Å². The summed E-state index contributed by atoms with van der Waals surface area (Å²) in [5, 5.41) is 9.94. The van der Waals surface area contributed by atoms with Crippen LogP contribution in [0.1, 0.15) is 94.5 Å². The van der Waals surface area contributed by atoms with Gasteiger partial charge in [0.2, 0.25) is 0 Å². The van der Waals surface area contributed by atoms with E-state index in [2.05, 4.69) is 30.7 Å². The summed E-state index contributed by atoms with van der Waals surface area (Å²) in [7, 11) is 0. The number of pyridine rings is 1. The highest BCUT2D eigenvalue weighted by Gasteiger charge is 2.61. The summed E-state index contributed by atoms with van der Waals surface area (Å²) in [5.41, 5.74) is 1.86. The second-order valence-electron chi connectivity index (χ2n) is 13.7. The van der Waals surface area contributed by atoms with Gasteiger partial charge in [-0.1, -0.05) is 37.8 Å². The Morgan fingerprint density at radius 1 is 0.927 bits per heavy atom. The first-order valence-electron chi connectivity index (χ1n) is 15.6. The monoisotopic (exact) mass is 569 g/mol. The van der Waals surface area contributed by atoms with Crippen LogP contribution in [-0.4, -0.2) is 33.0 Å². The van der Waals surface area contributed by atoms with E-state index >= 15 is 0 Å². The Balaban J connectivity index is 1.25. The molecule has 4 aliphatic rings. The molecule has 216 valence electrons. The molecule has 0 radical (unpaired) electrons. The minimum Gasteiger partial charge on any atom is -0.393 e. The predicted molar refractivity (Wildman–Crippen MR) is 163 cm³/mol. The van der Waals surface area contributed by atoms with E-state index in [0.29, 0.717) is 28.7 Å². The number of benzene rings is 1. The van der Waals surface area contributed by atoms with Crippen molar-refractivity contribution in [2.75, 3.05) is 0 Å². The molecule has 4 aliphatic carbocycles. The minimum atomic E-state index is -0.448. The summed E-state index contributed by atoms with van der Waals surface area (Å²) in [6.07, 6.45) is 13.4. The highest BCUT2D eigenvalue weighted by Crippen LogP contribution is 2.67. The van der Waals surface area contributed by atoms with Crippen LogP contribution in [0, 0.1) is 52.3 Å². The number of aliphatic hydroxyl groups excluding tert-OH is 1. The molecule has 1 unspecified atom stereocenters. The number of thioether (sulfide) groups is 1. The average molecular weight is 570 g/mol. The molecule has 6 rings (SSSR count). The molecule has 1 heterocycles. The number of nitrogens with zero attached hydrogens (tertiary/aromatic N) is 1. The Hall–Kier alpha value is -2.42. The first kappa shape index (κ1) is 28.7. The second kappa shape index (κ2) is 11.3. The predicted octanol–water partition coefficient (Wildman–Crippen LogP) is 7.39. The molecule has 1 aromatic heterocycles. The largest absolute Gasteiger partial charge is 0.393 e. The molecule has 0 saturated heterocycles. The number of hydrogen-bond donors (Lipinski definition) is 1. The molecule has 4 fully saturated rings. The Labute approximate surface area is 249 Å². The van der Waals surface area contributed by atoms with Gasteiger partial charge in [0.05, 0.1) is 6.10 Å².